The minimum atomic E-state index is -0.391. The molecule has 1 N–H and O–H groups in total. The van der Waals surface area contributed by atoms with E-state index in [4.69, 9.17) is 14.6 Å². The first kappa shape index (κ1) is 10.9. The number of hydrogen-bond donors (Lipinski definition) is 1. The van der Waals surface area contributed by atoms with Crippen LogP contribution in [0.4, 0.5) is 4.39 Å². The molecule has 0 saturated carbocycles. The van der Waals surface area contributed by atoms with Crippen molar-refractivity contribution in [2.75, 3.05) is 13.4 Å². The van der Waals surface area contributed by atoms with Gasteiger partial charge in [0.15, 0.2) is 6.79 Å². The average Bonchev–Trinajstić information content (AvgIpc) is 2.20. The van der Waals surface area contributed by atoms with E-state index in [2.05, 4.69) is 0 Å². The van der Waals surface area contributed by atoms with E-state index in [0.29, 0.717) is 17.9 Å². The van der Waals surface area contributed by atoms with Crippen LogP contribution in [0.25, 0.3) is 0 Å². The molecule has 0 amide bonds. The summed E-state index contributed by atoms with van der Waals surface area (Å²) in [7, 11) is 0. The molecule has 0 unspecified atom stereocenters. The zero-order valence-electron chi connectivity index (χ0n) is 8.00. The zero-order chi connectivity index (χ0) is 10.4. The Labute approximate surface area is 82.1 Å². The van der Waals surface area contributed by atoms with Gasteiger partial charge in [0.25, 0.3) is 0 Å². The number of aliphatic hydroxyl groups excluding tert-OH is 1. The molecule has 0 heterocycles. The average molecular weight is 200 g/mol. The van der Waals surface area contributed by atoms with Gasteiger partial charge in [0.05, 0.1) is 6.61 Å². The third-order valence-electron chi connectivity index (χ3n) is 1.69. The molecule has 0 spiro atoms. The van der Waals surface area contributed by atoms with Gasteiger partial charge >= 0.3 is 0 Å². The van der Waals surface area contributed by atoms with E-state index < -0.39 is 5.82 Å². The molecule has 0 saturated heterocycles. The van der Waals surface area contributed by atoms with Crippen LogP contribution in [0, 0.1) is 5.82 Å². The molecule has 0 aliphatic rings. The van der Waals surface area contributed by atoms with E-state index in [-0.39, 0.29) is 13.4 Å². The number of halogens is 1. The summed E-state index contributed by atoms with van der Waals surface area (Å²) in [6, 6.07) is 3.99. The SMILES string of the molecule is CCOCOc1ccc(F)cc1CO. The van der Waals surface area contributed by atoms with Gasteiger partial charge < -0.3 is 14.6 Å². The Hall–Kier alpha value is -1.13. The first-order valence-corrected chi connectivity index (χ1v) is 4.37. The van der Waals surface area contributed by atoms with Crippen LogP contribution in [0.5, 0.6) is 5.75 Å². The molecule has 14 heavy (non-hydrogen) atoms. The lowest BCUT2D eigenvalue weighted by Crippen LogP contribution is -2.04. The highest BCUT2D eigenvalue weighted by Crippen LogP contribution is 2.19. The highest BCUT2D eigenvalue weighted by atomic mass is 19.1. The summed E-state index contributed by atoms with van der Waals surface area (Å²) < 4.78 is 22.9. The van der Waals surface area contributed by atoms with E-state index >= 15 is 0 Å². The standard InChI is InChI=1S/C10H13FO3/c1-2-13-7-14-10-4-3-9(11)5-8(10)6-12/h3-5,12H,2,6-7H2,1H3. The maximum absolute atomic E-state index is 12.7. The Morgan fingerprint density at radius 3 is 2.86 bits per heavy atom. The molecule has 0 bridgehead atoms. The molecule has 0 aliphatic carbocycles. The van der Waals surface area contributed by atoms with Gasteiger partial charge in [-0.1, -0.05) is 0 Å². The Kier molecular flexibility index (Phi) is 4.35. The van der Waals surface area contributed by atoms with Crippen molar-refractivity contribution in [1.29, 1.82) is 0 Å². The summed E-state index contributed by atoms with van der Waals surface area (Å²) in [5.41, 5.74) is 0.421. The second-order valence-electron chi connectivity index (χ2n) is 2.67. The van der Waals surface area contributed by atoms with Gasteiger partial charge in [0.2, 0.25) is 0 Å². The van der Waals surface area contributed by atoms with Crippen LogP contribution in [-0.4, -0.2) is 18.5 Å². The number of hydrogen-bond acceptors (Lipinski definition) is 3. The van der Waals surface area contributed by atoms with Gasteiger partial charge in [-0.05, 0) is 25.1 Å². The summed E-state index contributed by atoms with van der Waals surface area (Å²) >= 11 is 0. The molecule has 1 rings (SSSR count). The lowest BCUT2D eigenvalue weighted by Gasteiger charge is -2.09. The van der Waals surface area contributed by atoms with Crippen LogP contribution in [-0.2, 0) is 11.3 Å². The molecule has 78 valence electrons. The highest BCUT2D eigenvalue weighted by Gasteiger charge is 2.03. The Bertz CT molecular complexity index is 289. The second-order valence-corrected chi connectivity index (χ2v) is 2.67. The summed E-state index contributed by atoms with van der Waals surface area (Å²) in [5, 5.41) is 8.91. The fourth-order valence-corrected chi connectivity index (χ4v) is 1.00. The summed E-state index contributed by atoms with van der Waals surface area (Å²) in [5.74, 6) is 0.0557. The summed E-state index contributed by atoms with van der Waals surface area (Å²) in [6.07, 6.45) is 0. The quantitative estimate of drug-likeness (QED) is 0.580. The van der Waals surface area contributed by atoms with Gasteiger partial charge in [0, 0.05) is 12.2 Å². The first-order valence-electron chi connectivity index (χ1n) is 4.37. The van der Waals surface area contributed by atoms with Crippen LogP contribution < -0.4 is 4.74 Å². The molecule has 1 aromatic carbocycles. The van der Waals surface area contributed by atoms with Crippen molar-refractivity contribution >= 4 is 0 Å². The van der Waals surface area contributed by atoms with Gasteiger partial charge in [-0.3, -0.25) is 0 Å². The molecule has 0 aromatic heterocycles. The minimum absolute atomic E-state index is 0.106. The van der Waals surface area contributed by atoms with Crippen LogP contribution >= 0.6 is 0 Å². The molecule has 4 heteroatoms. The predicted octanol–water partition coefficient (Wildman–Crippen LogP) is 1.69. The van der Waals surface area contributed by atoms with E-state index in [1.807, 2.05) is 6.92 Å². The van der Waals surface area contributed by atoms with Crippen molar-refractivity contribution in [2.45, 2.75) is 13.5 Å². The van der Waals surface area contributed by atoms with Crippen molar-refractivity contribution in [2.24, 2.45) is 0 Å². The lowest BCUT2D eigenvalue weighted by atomic mass is 10.2. The Morgan fingerprint density at radius 1 is 1.43 bits per heavy atom. The van der Waals surface area contributed by atoms with Crippen molar-refractivity contribution in [3.8, 4) is 5.75 Å². The first-order chi connectivity index (χ1) is 6.77. The lowest BCUT2D eigenvalue weighted by molar-refractivity contribution is 0.0211. The molecule has 0 fully saturated rings. The maximum Gasteiger partial charge on any atom is 0.189 e. The minimum Gasteiger partial charge on any atom is -0.467 e. The van der Waals surface area contributed by atoms with Crippen molar-refractivity contribution in [3.63, 3.8) is 0 Å². The van der Waals surface area contributed by atoms with E-state index in [0.717, 1.165) is 0 Å². The molecular weight excluding hydrogens is 187 g/mol. The van der Waals surface area contributed by atoms with Gasteiger partial charge in [0.1, 0.15) is 11.6 Å². The van der Waals surface area contributed by atoms with E-state index in [1.165, 1.54) is 18.2 Å². The smallest absolute Gasteiger partial charge is 0.189 e. The molecule has 1 aromatic rings. The zero-order valence-corrected chi connectivity index (χ0v) is 8.00. The topological polar surface area (TPSA) is 38.7 Å². The normalized spacial score (nSPS) is 10.2. The van der Waals surface area contributed by atoms with Crippen LogP contribution in [0.2, 0.25) is 0 Å². The van der Waals surface area contributed by atoms with Crippen LogP contribution in [0.1, 0.15) is 12.5 Å². The fourth-order valence-electron chi connectivity index (χ4n) is 1.00. The maximum atomic E-state index is 12.7. The second kappa shape index (κ2) is 5.57. The van der Waals surface area contributed by atoms with Crippen LogP contribution in [0.3, 0.4) is 0 Å². The number of rotatable bonds is 5. The highest BCUT2D eigenvalue weighted by molar-refractivity contribution is 5.33. The van der Waals surface area contributed by atoms with Crippen molar-refractivity contribution < 1.29 is 19.0 Å². The van der Waals surface area contributed by atoms with Crippen LogP contribution in [0.15, 0.2) is 18.2 Å². The third kappa shape index (κ3) is 2.97. The van der Waals surface area contributed by atoms with Crippen molar-refractivity contribution in [3.05, 3.63) is 29.6 Å². The van der Waals surface area contributed by atoms with Crippen molar-refractivity contribution in [1.82, 2.24) is 0 Å². The number of benzene rings is 1. The molecule has 0 aliphatic heterocycles. The van der Waals surface area contributed by atoms with Gasteiger partial charge in [-0.15, -0.1) is 0 Å². The summed E-state index contributed by atoms with van der Waals surface area (Å²) in [6.45, 7) is 2.25. The van der Waals surface area contributed by atoms with E-state index in [9.17, 15) is 4.39 Å². The summed E-state index contributed by atoms with van der Waals surface area (Å²) in [4.78, 5) is 0. The largest absolute Gasteiger partial charge is 0.467 e. The predicted molar refractivity (Wildman–Crippen MR) is 49.4 cm³/mol. The molecule has 0 radical (unpaired) electrons. The third-order valence-corrected chi connectivity index (χ3v) is 1.69. The van der Waals surface area contributed by atoms with Gasteiger partial charge in [-0.25, -0.2) is 4.39 Å². The van der Waals surface area contributed by atoms with E-state index in [1.54, 1.807) is 0 Å². The molecule has 3 nitrogen and oxygen atoms in total. The fraction of sp³-hybridized carbons (Fsp3) is 0.400. The molecular formula is C10H13FO3. The number of ether oxygens (including phenoxy) is 2. The monoisotopic (exact) mass is 200 g/mol. The molecule has 0 atom stereocenters. The number of aliphatic hydroxyl groups is 1. The Balaban J connectivity index is 2.65. The van der Waals surface area contributed by atoms with Gasteiger partial charge in [-0.2, -0.15) is 0 Å². The Morgan fingerprint density at radius 2 is 2.21 bits per heavy atom.